The van der Waals surface area contributed by atoms with Crippen molar-refractivity contribution in [3.05, 3.63) is 101 Å². The maximum atomic E-state index is 13.5. The lowest BCUT2D eigenvalue weighted by Gasteiger charge is -2.24. The molecule has 0 aliphatic carbocycles. The summed E-state index contributed by atoms with van der Waals surface area (Å²) in [6.45, 7) is 3.48. The van der Waals surface area contributed by atoms with E-state index in [9.17, 15) is 19.7 Å². The number of carbonyl (C=O) groups excluding carboxylic acids is 1. The van der Waals surface area contributed by atoms with Crippen molar-refractivity contribution in [2.75, 3.05) is 13.7 Å². The number of fused-ring (bicyclic) bond motifs is 1. The molecule has 0 spiro atoms. The Bertz CT molecular complexity index is 1500. The normalized spacial score (nSPS) is 15.5. The standard InChI is InChI=1S/C24H21N3O6S/c1-4-33-23(29)20-14(2)25-24-26(21(20)16-8-6-9-17(13-16)27(30)31)22(28)19(34-24)12-15-7-5-10-18(11-15)32-3/h5-13,21H,4H2,1-3H3/b19-12-/t21-/m0/s1. The van der Waals surface area contributed by atoms with Crippen LogP contribution >= 0.6 is 11.3 Å². The van der Waals surface area contributed by atoms with E-state index in [2.05, 4.69) is 4.99 Å². The zero-order valence-electron chi connectivity index (χ0n) is 18.7. The van der Waals surface area contributed by atoms with Crippen molar-refractivity contribution in [1.82, 2.24) is 4.57 Å². The fourth-order valence-electron chi connectivity index (χ4n) is 3.80. The van der Waals surface area contributed by atoms with E-state index < -0.39 is 16.9 Å². The van der Waals surface area contributed by atoms with Crippen LogP contribution in [0.15, 0.2) is 69.6 Å². The summed E-state index contributed by atoms with van der Waals surface area (Å²) < 4.78 is 12.3. The van der Waals surface area contributed by atoms with Crippen LogP contribution in [0, 0.1) is 10.1 Å². The number of methoxy groups -OCH3 is 1. The van der Waals surface area contributed by atoms with Gasteiger partial charge in [-0.1, -0.05) is 35.6 Å². The molecule has 0 N–H and O–H groups in total. The predicted octanol–water partition coefficient (Wildman–Crippen LogP) is 2.72. The van der Waals surface area contributed by atoms with Crippen LogP contribution in [0.1, 0.15) is 31.0 Å². The van der Waals surface area contributed by atoms with E-state index in [0.717, 1.165) is 5.56 Å². The summed E-state index contributed by atoms with van der Waals surface area (Å²) in [7, 11) is 1.56. The minimum atomic E-state index is -0.914. The lowest BCUT2D eigenvalue weighted by molar-refractivity contribution is -0.384. The summed E-state index contributed by atoms with van der Waals surface area (Å²) in [5.74, 6) is 0.0266. The minimum Gasteiger partial charge on any atom is -0.497 e. The van der Waals surface area contributed by atoms with Crippen molar-refractivity contribution < 1.29 is 19.2 Å². The van der Waals surface area contributed by atoms with E-state index in [1.807, 2.05) is 12.1 Å². The molecule has 2 aromatic carbocycles. The monoisotopic (exact) mass is 479 g/mol. The van der Waals surface area contributed by atoms with Gasteiger partial charge in [0.2, 0.25) is 0 Å². The van der Waals surface area contributed by atoms with Crippen LogP contribution in [0.4, 0.5) is 5.69 Å². The van der Waals surface area contributed by atoms with E-state index in [1.165, 1.54) is 34.1 Å². The van der Waals surface area contributed by atoms with Gasteiger partial charge in [0, 0.05) is 12.1 Å². The highest BCUT2D eigenvalue weighted by Gasteiger charge is 2.34. The highest BCUT2D eigenvalue weighted by Crippen LogP contribution is 2.32. The third-order valence-corrected chi connectivity index (χ3v) is 6.29. The maximum absolute atomic E-state index is 13.5. The zero-order chi connectivity index (χ0) is 24.4. The third-order valence-electron chi connectivity index (χ3n) is 5.31. The summed E-state index contributed by atoms with van der Waals surface area (Å²) in [6, 6.07) is 12.2. The molecule has 174 valence electrons. The Hall–Kier alpha value is -4.05. The number of benzene rings is 2. The molecule has 2 heterocycles. The number of hydrogen-bond donors (Lipinski definition) is 0. The van der Waals surface area contributed by atoms with Crippen molar-refractivity contribution in [3.63, 3.8) is 0 Å². The van der Waals surface area contributed by atoms with Gasteiger partial charge in [0.05, 0.1) is 40.5 Å². The minimum absolute atomic E-state index is 0.136. The highest BCUT2D eigenvalue weighted by atomic mass is 32.1. The average molecular weight is 480 g/mol. The molecule has 34 heavy (non-hydrogen) atoms. The van der Waals surface area contributed by atoms with Crippen LogP contribution in [0.2, 0.25) is 0 Å². The highest BCUT2D eigenvalue weighted by molar-refractivity contribution is 7.07. The van der Waals surface area contributed by atoms with Crippen LogP contribution in [-0.4, -0.2) is 29.2 Å². The summed E-state index contributed by atoms with van der Waals surface area (Å²) >= 11 is 1.18. The Labute approximate surface area is 198 Å². The molecule has 0 fully saturated rings. The average Bonchev–Trinajstić information content (AvgIpc) is 3.12. The maximum Gasteiger partial charge on any atom is 0.338 e. The summed E-state index contributed by atoms with van der Waals surface area (Å²) in [5, 5.41) is 11.4. The molecule has 9 nitrogen and oxygen atoms in total. The summed E-state index contributed by atoms with van der Waals surface area (Å²) in [5.41, 5.74) is 1.23. The van der Waals surface area contributed by atoms with Gasteiger partial charge in [0.25, 0.3) is 11.2 Å². The molecule has 0 amide bonds. The molecule has 1 atom stereocenters. The number of aromatic nitrogens is 1. The molecule has 1 aromatic heterocycles. The number of nitro groups is 1. The van der Waals surface area contributed by atoms with Crippen molar-refractivity contribution in [2.45, 2.75) is 19.9 Å². The third kappa shape index (κ3) is 4.27. The van der Waals surface area contributed by atoms with E-state index in [1.54, 1.807) is 45.2 Å². The van der Waals surface area contributed by atoms with Crippen molar-refractivity contribution in [3.8, 4) is 5.75 Å². The second kappa shape index (κ2) is 9.44. The first-order valence-electron chi connectivity index (χ1n) is 10.4. The van der Waals surface area contributed by atoms with E-state index in [-0.39, 0.29) is 23.4 Å². The number of ether oxygens (including phenoxy) is 2. The van der Waals surface area contributed by atoms with Gasteiger partial charge < -0.3 is 9.47 Å². The summed E-state index contributed by atoms with van der Waals surface area (Å²) in [6.07, 6.45) is 1.72. The number of allylic oxidation sites excluding steroid dienone is 1. The Balaban J connectivity index is 1.96. The second-order valence-electron chi connectivity index (χ2n) is 7.43. The second-order valence-corrected chi connectivity index (χ2v) is 8.44. The van der Waals surface area contributed by atoms with E-state index in [4.69, 9.17) is 9.47 Å². The molecule has 4 rings (SSSR count). The molecule has 0 bridgehead atoms. The number of esters is 1. The molecular formula is C24H21N3O6S. The molecule has 1 aliphatic rings. The fraction of sp³-hybridized carbons (Fsp3) is 0.208. The van der Waals surface area contributed by atoms with Crippen LogP contribution in [-0.2, 0) is 9.53 Å². The van der Waals surface area contributed by atoms with Gasteiger partial charge in [-0.05, 0) is 43.2 Å². The number of thiazole rings is 1. The number of carbonyl (C=O) groups is 1. The lowest BCUT2D eigenvalue weighted by Crippen LogP contribution is -2.40. The van der Waals surface area contributed by atoms with Gasteiger partial charge in [-0.2, -0.15) is 0 Å². The van der Waals surface area contributed by atoms with E-state index in [0.29, 0.717) is 26.3 Å². The smallest absolute Gasteiger partial charge is 0.338 e. The predicted molar refractivity (Wildman–Crippen MR) is 126 cm³/mol. The lowest BCUT2D eigenvalue weighted by atomic mass is 9.95. The Morgan fingerprint density at radius 2 is 2.03 bits per heavy atom. The molecule has 0 unspecified atom stereocenters. The van der Waals surface area contributed by atoms with Gasteiger partial charge in [0.15, 0.2) is 4.80 Å². The van der Waals surface area contributed by atoms with Crippen molar-refractivity contribution in [1.29, 1.82) is 0 Å². The van der Waals surface area contributed by atoms with Gasteiger partial charge in [-0.3, -0.25) is 19.5 Å². The Morgan fingerprint density at radius 3 is 2.74 bits per heavy atom. The van der Waals surface area contributed by atoms with Gasteiger partial charge in [-0.25, -0.2) is 9.79 Å². The Morgan fingerprint density at radius 1 is 1.26 bits per heavy atom. The SMILES string of the molecule is CCOC(=O)C1=C(C)N=c2s/c(=C\c3cccc(OC)c3)c(=O)n2[C@H]1c1cccc([N+](=O)[O-])c1. The van der Waals surface area contributed by atoms with Gasteiger partial charge in [-0.15, -0.1) is 0 Å². The van der Waals surface area contributed by atoms with Crippen LogP contribution < -0.4 is 19.6 Å². The van der Waals surface area contributed by atoms with Crippen LogP contribution in [0.3, 0.4) is 0 Å². The molecule has 1 aliphatic heterocycles. The topological polar surface area (TPSA) is 113 Å². The molecule has 0 radical (unpaired) electrons. The van der Waals surface area contributed by atoms with Gasteiger partial charge >= 0.3 is 5.97 Å². The molecular weight excluding hydrogens is 458 g/mol. The zero-order valence-corrected chi connectivity index (χ0v) is 19.5. The quantitative estimate of drug-likeness (QED) is 0.305. The molecule has 10 heteroatoms. The fourth-order valence-corrected chi connectivity index (χ4v) is 4.84. The molecule has 0 saturated carbocycles. The van der Waals surface area contributed by atoms with Crippen LogP contribution in [0.5, 0.6) is 5.75 Å². The largest absolute Gasteiger partial charge is 0.497 e. The first-order chi connectivity index (χ1) is 16.3. The summed E-state index contributed by atoms with van der Waals surface area (Å²) in [4.78, 5) is 42.2. The number of nitro benzene ring substituents is 1. The van der Waals surface area contributed by atoms with E-state index >= 15 is 0 Å². The number of rotatable bonds is 6. The number of nitrogens with zero attached hydrogens (tertiary/aromatic N) is 3. The van der Waals surface area contributed by atoms with Crippen molar-refractivity contribution >= 4 is 29.1 Å². The van der Waals surface area contributed by atoms with Gasteiger partial charge in [0.1, 0.15) is 5.75 Å². The van der Waals surface area contributed by atoms with Crippen molar-refractivity contribution in [2.24, 2.45) is 4.99 Å². The van der Waals surface area contributed by atoms with Crippen LogP contribution in [0.25, 0.3) is 6.08 Å². The first kappa shape index (κ1) is 23.1. The first-order valence-corrected chi connectivity index (χ1v) is 11.2. The number of non-ortho nitro benzene ring substituents is 1. The molecule has 3 aromatic rings. The number of hydrogen-bond acceptors (Lipinski definition) is 8. The Kier molecular flexibility index (Phi) is 6.42. The molecule has 0 saturated heterocycles.